The molecule has 0 saturated carbocycles. The Labute approximate surface area is 300 Å². The van der Waals surface area contributed by atoms with Gasteiger partial charge in [-0.2, -0.15) is 4.72 Å². The number of morpholine rings is 1. The standard InChI is InChI=1S/C40H47N3O7S/c1-28-8-18-35(19-9-28)51(46,47)42-36(24-30-6-4-3-5-7-30)39(45)41-25-31-10-16-34(17-11-31)40-49-37(26-43-20-22-48-23-21-43)29(2)38(50-40)33-14-12-32(27-44)13-15-33/h3-19,29,36-38,40,42,44H,20-27H2,1-2H3,(H,41,45)/t29-,36-,37+,38+,40+/m1/s1. The molecule has 0 aromatic heterocycles. The third-order valence-corrected chi connectivity index (χ3v) is 11.1. The summed E-state index contributed by atoms with van der Waals surface area (Å²) in [5.74, 6) is -0.349. The van der Waals surface area contributed by atoms with Gasteiger partial charge in [-0.3, -0.25) is 9.69 Å². The zero-order valence-electron chi connectivity index (χ0n) is 29.1. The van der Waals surface area contributed by atoms with Gasteiger partial charge in [-0.1, -0.05) is 103 Å². The van der Waals surface area contributed by atoms with E-state index in [2.05, 4.69) is 21.9 Å². The minimum Gasteiger partial charge on any atom is -0.392 e. The summed E-state index contributed by atoms with van der Waals surface area (Å²) in [5.41, 5.74) is 5.35. The van der Waals surface area contributed by atoms with Crippen LogP contribution in [-0.2, 0) is 48.6 Å². The molecule has 4 aromatic carbocycles. The van der Waals surface area contributed by atoms with Crippen molar-refractivity contribution in [2.24, 2.45) is 5.92 Å². The molecular weight excluding hydrogens is 667 g/mol. The number of sulfonamides is 1. The molecule has 0 radical (unpaired) electrons. The van der Waals surface area contributed by atoms with Crippen molar-refractivity contribution in [3.8, 4) is 0 Å². The van der Waals surface area contributed by atoms with Crippen molar-refractivity contribution in [2.75, 3.05) is 32.8 Å². The Morgan fingerprint density at radius 3 is 2.16 bits per heavy atom. The van der Waals surface area contributed by atoms with Crippen LogP contribution < -0.4 is 10.0 Å². The number of amides is 1. The third kappa shape index (κ3) is 9.69. The molecule has 4 aromatic rings. The number of nitrogens with zero attached hydrogens (tertiary/aromatic N) is 1. The van der Waals surface area contributed by atoms with Crippen molar-refractivity contribution >= 4 is 15.9 Å². The van der Waals surface area contributed by atoms with Gasteiger partial charge < -0.3 is 24.6 Å². The van der Waals surface area contributed by atoms with Crippen LogP contribution in [0.3, 0.4) is 0 Å². The molecule has 6 rings (SSSR count). The van der Waals surface area contributed by atoms with Crippen molar-refractivity contribution in [1.82, 2.24) is 14.9 Å². The van der Waals surface area contributed by atoms with Crippen molar-refractivity contribution in [3.05, 3.63) is 137 Å². The maximum Gasteiger partial charge on any atom is 0.241 e. The maximum absolute atomic E-state index is 13.5. The van der Waals surface area contributed by atoms with E-state index in [0.717, 1.165) is 53.0 Å². The topological polar surface area (TPSA) is 126 Å². The largest absolute Gasteiger partial charge is 0.392 e. The van der Waals surface area contributed by atoms with Crippen LogP contribution in [0.1, 0.15) is 52.7 Å². The van der Waals surface area contributed by atoms with Crippen LogP contribution >= 0.6 is 0 Å². The molecule has 270 valence electrons. The van der Waals surface area contributed by atoms with E-state index in [-0.39, 0.29) is 42.6 Å². The number of rotatable bonds is 13. The second-order valence-electron chi connectivity index (χ2n) is 13.4. The number of aliphatic hydroxyl groups is 1. The molecule has 11 heteroatoms. The SMILES string of the molecule is Cc1ccc(S(=O)(=O)N[C@H](Cc2ccccc2)C(=O)NCc2ccc([C@H]3O[C@@H](CN4CCOCC4)[C@@H](C)[C@@H](c4ccc(CO)cc4)O3)cc2)cc1. The Morgan fingerprint density at radius 1 is 0.843 bits per heavy atom. The zero-order chi connectivity index (χ0) is 35.8. The zero-order valence-corrected chi connectivity index (χ0v) is 29.9. The number of aryl methyl sites for hydroxylation is 1. The van der Waals surface area contributed by atoms with E-state index in [1.54, 1.807) is 12.1 Å². The van der Waals surface area contributed by atoms with Crippen molar-refractivity contribution in [3.63, 3.8) is 0 Å². The fraction of sp³-hybridized carbons (Fsp3) is 0.375. The minimum absolute atomic E-state index is 0.0176. The van der Waals surface area contributed by atoms with Crippen LogP contribution in [0.2, 0.25) is 0 Å². The second-order valence-corrected chi connectivity index (χ2v) is 15.1. The molecule has 5 atom stereocenters. The molecule has 51 heavy (non-hydrogen) atoms. The first-order valence-corrected chi connectivity index (χ1v) is 19.0. The first-order chi connectivity index (χ1) is 24.7. The predicted molar refractivity (Wildman–Crippen MR) is 194 cm³/mol. The highest BCUT2D eigenvalue weighted by Gasteiger charge is 2.39. The fourth-order valence-electron chi connectivity index (χ4n) is 6.48. The van der Waals surface area contributed by atoms with Gasteiger partial charge in [0.15, 0.2) is 6.29 Å². The van der Waals surface area contributed by atoms with Gasteiger partial charge in [-0.25, -0.2) is 8.42 Å². The monoisotopic (exact) mass is 713 g/mol. The van der Waals surface area contributed by atoms with E-state index < -0.39 is 28.3 Å². The van der Waals surface area contributed by atoms with Crippen LogP contribution in [0, 0.1) is 12.8 Å². The molecule has 2 heterocycles. The van der Waals surface area contributed by atoms with Crippen molar-refractivity contribution in [2.45, 2.75) is 62.9 Å². The van der Waals surface area contributed by atoms with E-state index in [1.807, 2.05) is 85.8 Å². The number of nitrogens with one attached hydrogen (secondary N) is 2. The van der Waals surface area contributed by atoms with Gasteiger partial charge in [0, 0.05) is 37.7 Å². The van der Waals surface area contributed by atoms with Gasteiger partial charge >= 0.3 is 0 Å². The molecule has 2 aliphatic rings. The number of hydrogen-bond acceptors (Lipinski definition) is 8. The smallest absolute Gasteiger partial charge is 0.241 e. The summed E-state index contributed by atoms with van der Waals surface area (Å²) >= 11 is 0. The van der Waals surface area contributed by atoms with E-state index in [1.165, 1.54) is 12.1 Å². The summed E-state index contributed by atoms with van der Waals surface area (Å²) in [6.07, 6.45) is -0.716. The van der Waals surface area contributed by atoms with Gasteiger partial charge in [-0.05, 0) is 47.7 Å². The third-order valence-electron chi connectivity index (χ3n) is 9.61. The van der Waals surface area contributed by atoms with Gasteiger partial charge in [0.05, 0.1) is 36.9 Å². The summed E-state index contributed by atoms with van der Waals surface area (Å²) in [6, 6.07) is 30.5. The number of carbonyl (C=O) groups excluding carboxylic acids is 1. The lowest BCUT2D eigenvalue weighted by molar-refractivity contribution is -0.277. The summed E-state index contributed by atoms with van der Waals surface area (Å²) in [4.78, 5) is 16.0. The molecule has 2 fully saturated rings. The van der Waals surface area contributed by atoms with Crippen LogP contribution in [-0.4, -0.2) is 69.3 Å². The van der Waals surface area contributed by atoms with E-state index in [9.17, 15) is 18.3 Å². The Morgan fingerprint density at radius 2 is 1.49 bits per heavy atom. The number of benzene rings is 4. The minimum atomic E-state index is -3.95. The molecule has 0 aliphatic carbocycles. The summed E-state index contributed by atoms with van der Waals surface area (Å²) in [7, 11) is -3.95. The lowest BCUT2D eigenvalue weighted by Crippen LogP contribution is -2.47. The Kier molecular flexibility index (Phi) is 12.3. The highest BCUT2D eigenvalue weighted by atomic mass is 32.2. The molecule has 0 bridgehead atoms. The highest BCUT2D eigenvalue weighted by molar-refractivity contribution is 7.89. The normalized spacial score (nSPS) is 21.9. The molecule has 1 amide bonds. The van der Waals surface area contributed by atoms with Gasteiger partial charge in [0.2, 0.25) is 15.9 Å². The van der Waals surface area contributed by atoms with E-state index in [4.69, 9.17) is 14.2 Å². The van der Waals surface area contributed by atoms with Crippen molar-refractivity contribution in [1.29, 1.82) is 0 Å². The predicted octanol–water partition coefficient (Wildman–Crippen LogP) is 4.82. The average molecular weight is 714 g/mol. The van der Waals surface area contributed by atoms with Crippen LogP contribution in [0.15, 0.2) is 108 Å². The van der Waals surface area contributed by atoms with Crippen LogP contribution in [0.5, 0.6) is 0 Å². The lowest BCUT2D eigenvalue weighted by atomic mass is 9.90. The molecule has 3 N–H and O–H groups in total. The van der Waals surface area contributed by atoms with Crippen LogP contribution in [0.25, 0.3) is 0 Å². The molecule has 10 nitrogen and oxygen atoms in total. The number of ether oxygens (including phenoxy) is 3. The maximum atomic E-state index is 13.5. The Balaban J connectivity index is 1.14. The first kappa shape index (κ1) is 36.8. The summed E-state index contributed by atoms with van der Waals surface area (Å²) < 4.78 is 48.0. The van der Waals surface area contributed by atoms with Crippen LogP contribution in [0.4, 0.5) is 0 Å². The molecular formula is C40H47N3O7S. The van der Waals surface area contributed by atoms with E-state index >= 15 is 0 Å². The number of hydrogen-bond donors (Lipinski definition) is 3. The quantitative estimate of drug-likeness (QED) is 0.180. The Bertz CT molecular complexity index is 1820. The molecule has 0 spiro atoms. The Hall–Kier alpha value is -3.94. The number of carbonyl (C=O) groups is 1. The van der Waals surface area contributed by atoms with Gasteiger partial charge in [-0.15, -0.1) is 0 Å². The first-order valence-electron chi connectivity index (χ1n) is 17.5. The summed E-state index contributed by atoms with van der Waals surface area (Å²) in [6.45, 7) is 8.11. The molecule has 2 aliphatic heterocycles. The number of aliphatic hydroxyl groups excluding tert-OH is 1. The molecule has 0 unspecified atom stereocenters. The second kappa shape index (κ2) is 17.1. The van der Waals surface area contributed by atoms with Crippen molar-refractivity contribution < 1.29 is 32.5 Å². The van der Waals surface area contributed by atoms with Gasteiger partial charge in [0.1, 0.15) is 6.04 Å². The average Bonchev–Trinajstić information content (AvgIpc) is 3.15. The highest BCUT2D eigenvalue weighted by Crippen LogP contribution is 2.42. The van der Waals surface area contributed by atoms with E-state index in [0.29, 0.717) is 13.2 Å². The van der Waals surface area contributed by atoms with Gasteiger partial charge in [0.25, 0.3) is 0 Å². The lowest BCUT2D eigenvalue weighted by Gasteiger charge is -2.43. The molecule has 2 saturated heterocycles. The fourth-order valence-corrected chi connectivity index (χ4v) is 7.68. The summed E-state index contributed by atoms with van der Waals surface area (Å²) in [5, 5.41) is 12.5.